The van der Waals surface area contributed by atoms with Gasteiger partial charge in [-0.1, -0.05) is 90.5 Å². The summed E-state index contributed by atoms with van der Waals surface area (Å²) in [5.41, 5.74) is 8.45. The van der Waals surface area contributed by atoms with Crippen LogP contribution in [0.15, 0.2) is 79.4 Å². The van der Waals surface area contributed by atoms with Gasteiger partial charge in [-0.3, -0.25) is 0 Å². The summed E-state index contributed by atoms with van der Waals surface area (Å²) in [5, 5.41) is 0. The van der Waals surface area contributed by atoms with Crippen LogP contribution in [-0.2, 0) is 0 Å². The maximum absolute atomic E-state index is 4.24. The van der Waals surface area contributed by atoms with E-state index in [9.17, 15) is 0 Å². The zero-order valence-corrected chi connectivity index (χ0v) is 13.1. The molecule has 0 aromatic heterocycles. The number of hydrogen-bond donors (Lipinski definition) is 0. The molecule has 0 aliphatic carbocycles. The molecule has 3 aromatic carbocycles. The molecule has 0 radical (unpaired) electrons. The molecule has 0 fully saturated rings. The van der Waals surface area contributed by atoms with E-state index in [1.807, 2.05) is 0 Å². The molecule has 0 N–H and O–H groups in total. The second kappa shape index (κ2) is 6.03. The van der Waals surface area contributed by atoms with Gasteiger partial charge in [-0.2, -0.15) is 0 Å². The molecule has 0 nitrogen and oxygen atoms in total. The highest BCUT2D eigenvalue weighted by atomic mass is 14.1. The minimum Gasteiger partial charge on any atom is -0.0906 e. The van der Waals surface area contributed by atoms with Crippen LogP contribution in [0.2, 0.25) is 0 Å². The third-order valence-corrected chi connectivity index (χ3v) is 4.02. The number of rotatable bonds is 3. The number of aryl methyl sites for hydroxylation is 2. The molecule has 0 heterocycles. The molecule has 22 heavy (non-hydrogen) atoms. The molecule has 0 spiro atoms. The molecule has 0 bridgehead atoms. The second-order valence-electron chi connectivity index (χ2n) is 5.79. The van der Waals surface area contributed by atoms with E-state index < -0.39 is 0 Å². The average Bonchev–Trinajstić information content (AvgIpc) is 2.56. The summed E-state index contributed by atoms with van der Waals surface area (Å²) >= 11 is 0. The van der Waals surface area contributed by atoms with E-state index in [0.29, 0.717) is 0 Å². The van der Waals surface area contributed by atoms with E-state index in [4.69, 9.17) is 0 Å². The summed E-state index contributed by atoms with van der Waals surface area (Å²) in [6.07, 6.45) is 0. The van der Waals surface area contributed by atoms with Crippen molar-refractivity contribution in [2.45, 2.75) is 13.8 Å². The summed E-state index contributed by atoms with van der Waals surface area (Å²) in [6, 6.07) is 25.8. The molecule has 0 aliphatic rings. The van der Waals surface area contributed by atoms with Crippen LogP contribution in [0, 0.1) is 13.8 Å². The minimum atomic E-state index is 1.07. The van der Waals surface area contributed by atoms with Crippen molar-refractivity contribution >= 4 is 5.57 Å². The fourth-order valence-corrected chi connectivity index (χ4v) is 2.53. The van der Waals surface area contributed by atoms with Gasteiger partial charge in [0.25, 0.3) is 0 Å². The van der Waals surface area contributed by atoms with Crippen LogP contribution >= 0.6 is 0 Å². The predicted molar refractivity (Wildman–Crippen MR) is 95.9 cm³/mol. The van der Waals surface area contributed by atoms with Crippen LogP contribution in [-0.4, -0.2) is 0 Å². The standard InChI is InChI=1S/C22H20/c1-16-4-8-19(9-5-16)18(3)20-12-14-22(15-13-20)21-10-6-17(2)7-11-21/h4-15H,3H2,1-2H3. The predicted octanol–water partition coefficient (Wildman–Crippen LogP) is 6.03. The van der Waals surface area contributed by atoms with Gasteiger partial charge in [0, 0.05) is 0 Å². The first-order valence-electron chi connectivity index (χ1n) is 7.57. The lowest BCUT2D eigenvalue weighted by atomic mass is 9.96. The monoisotopic (exact) mass is 284 g/mol. The molecular weight excluding hydrogens is 264 g/mol. The lowest BCUT2D eigenvalue weighted by Crippen LogP contribution is -1.87. The zero-order chi connectivity index (χ0) is 15.5. The van der Waals surface area contributed by atoms with Crippen molar-refractivity contribution in [1.29, 1.82) is 0 Å². The second-order valence-corrected chi connectivity index (χ2v) is 5.79. The van der Waals surface area contributed by atoms with E-state index >= 15 is 0 Å². The molecule has 3 aromatic rings. The highest BCUT2D eigenvalue weighted by Crippen LogP contribution is 2.25. The van der Waals surface area contributed by atoms with E-state index in [2.05, 4.69) is 93.2 Å². The van der Waals surface area contributed by atoms with Crippen LogP contribution in [0.5, 0.6) is 0 Å². The van der Waals surface area contributed by atoms with Gasteiger partial charge in [0.1, 0.15) is 0 Å². The third-order valence-electron chi connectivity index (χ3n) is 4.02. The van der Waals surface area contributed by atoms with Crippen LogP contribution in [0.1, 0.15) is 22.3 Å². The normalized spacial score (nSPS) is 10.5. The first-order valence-corrected chi connectivity index (χ1v) is 7.57. The zero-order valence-electron chi connectivity index (χ0n) is 13.1. The smallest absolute Gasteiger partial charge is 0.0183 e. The van der Waals surface area contributed by atoms with Gasteiger partial charge in [0.05, 0.1) is 0 Å². The van der Waals surface area contributed by atoms with Crippen LogP contribution in [0.4, 0.5) is 0 Å². The Kier molecular flexibility index (Phi) is 3.93. The average molecular weight is 284 g/mol. The molecular formula is C22H20. The van der Waals surface area contributed by atoms with E-state index in [-0.39, 0.29) is 0 Å². The molecule has 0 unspecified atom stereocenters. The summed E-state index contributed by atoms with van der Waals surface area (Å²) < 4.78 is 0. The molecule has 0 amide bonds. The third kappa shape index (κ3) is 3.01. The molecule has 0 aliphatic heterocycles. The van der Waals surface area contributed by atoms with Gasteiger partial charge in [0.15, 0.2) is 0 Å². The Bertz CT molecular complexity index is 773. The summed E-state index contributed by atoms with van der Waals surface area (Å²) in [4.78, 5) is 0. The Morgan fingerprint density at radius 3 is 1.32 bits per heavy atom. The highest BCUT2D eigenvalue weighted by molar-refractivity contribution is 5.79. The van der Waals surface area contributed by atoms with Crippen LogP contribution in [0.3, 0.4) is 0 Å². The molecule has 0 saturated carbocycles. The SMILES string of the molecule is C=C(c1ccc(C)cc1)c1ccc(-c2ccc(C)cc2)cc1. The molecule has 108 valence electrons. The maximum atomic E-state index is 4.24. The van der Waals surface area contributed by atoms with Crippen molar-refractivity contribution in [3.63, 3.8) is 0 Å². The van der Waals surface area contributed by atoms with E-state index in [0.717, 1.165) is 5.57 Å². The van der Waals surface area contributed by atoms with Gasteiger partial charge < -0.3 is 0 Å². The maximum Gasteiger partial charge on any atom is -0.0183 e. The van der Waals surface area contributed by atoms with Crippen LogP contribution < -0.4 is 0 Å². The van der Waals surface area contributed by atoms with Gasteiger partial charge in [0.2, 0.25) is 0 Å². The Hall–Kier alpha value is -2.60. The highest BCUT2D eigenvalue weighted by Gasteiger charge is 2.03. The summed E-state index contributed by atoms with van der Waals surface area (Å²) in [7, 11) is 0. The number of benzene rings is 3. The molecule has 0 heteroatoms. The van der Waals surface area contributed by atoms with Crippen molar-refractivity contribution in [3.05, 3.63) is 102 Å². The number of hydrogen-bond acceptors (Lipinski definition) is 0. The lowest BCUT2D eigenvalue weighted by Gasteiger charge is -2.09. The van der Waals surface area contributed by atoms with Gasteiger partial charge in [-0.05, 0) is 41.7 Å². The van der Waals surface area contributed by atoms with Gasteiger partial charge >= 0.3 is 0 Å². The summed E-state index contributed by atoms with van der Waals surface area (Å²) in [5.74, 6) is 0. The topological polar surface area (TPSA) is 0 Å². The molecule has 3 rings (SSSR count). The fraction of sp³-hybridized carbons (Fsp3) is 0.0909. The van der Waals surface area contributed by atoms with Gasteiger partial charge in [-0.25, -0.2) is 0 Å². The Labute approximate surface area is 132 Å². The van der Waals surface area contributed by atoms with Crippen molar-refractivity contribution in [3.8, 4) is 11.1 Å². The lowest BCUT2D eigenvalue weighted by molar-refractivity contribution is 1.44. The minimum absolute atomic E-state index is 1.07. The van der Waals surface area contributed by atoms with E-state index in [1.54, 1.807) is 0 Å². The fourth-order valence-electron chi connectivity index (χ4n) is 2.53. The first-order chi connectivity index (χ1) is 10.6. The molecule has 0 atom stereocenters. The van der Waals surface area contributed by atoms with E-state index in [1.165, 1.54) is 33.4 Å². The Morgan fingerprint density at radius 2 is 0.864 bits per heavy atom. The van der Waals surface area contributed by atoms with Gasteiger partial charge in [-0.15, -0.1) is 0 Å². The van der Waals surface area contributed by atoms with Crippen molar-refractivity contribution in [1.82, 2.24) is 0 Å². The quantitative estimate of drug-likeness (QED) is 0.550. The largest absolute Gasteiger partial charge is 0.0906 e. The van der Waals surface area contributed by atoms with Crippen molar-refractivity contribution in [2.75, 3.05) is 0 Å². The van der Waals surface area contributed by atoms with Crippen molar-refractivity contribution < 1.29 is 0 Å². The first kappa shape index (κ1) is 14.3. The Balaban J connectivity index is 1.86. The summed E-state index contributed by atoms with van der Waals surface area (Å²) in [6.45, 7) is 8.45. The molecule has 0 saturated heterocycles. The van der Waals surface area contributed by atoms with Crippen molar-refractivity contribution in [2.24, 2.45) is 0 Å². The Morgan fingerprint density at radius 1 is 0.545 bits per heavy atom. The van der Waals surface area contributed by atoms with Crippen LogP contribution in [0.25, 0.3) is 16.7 Å².